The Morgan fingerprint density at radius 2 is 1.97 bits per heavy atom. The van der Waals surface area contributed by atoms with Crippen molar-refractivity contribution < 1.29 is 19.1 Å². The zero-order valence-corrected chi connectivity index (χ0v) is 19.3. The predicted octanol–water partition coefficient (Wildman–Crippen LogP) is 3.41. The summed E-state index contributed by atoms with van der Waals surface area (Å²) in [5.74, 6) is -0.876. The molecule has 0 radical (unpaired) electrons. The van der Waals surface area contributed by atoms with E-state index in [0.717, 1.165) is 16.6 Å². The van der Waals surface area contributed by atoms with Crippen molar-refractivity contribution in [1.29, 1.82) is 0 Å². The lowest BCUT2D eigenvalue weighted by molar-refractivity contribution is -0.134. The molecule has 1 atom stereocenters. The lowest BCUT2D eigenvalue weighted by atomic mass is 9.87. The molecule has 8 nitrogen and oxygen atoms in total. The molecule has 3 amide bonds. The number of benzene rings is 2. The molecule has 8 heteroatoms. The summed E-state index contributed by atoms with van der Waals surface area (Å²) in [4.78, 5) is 36.4. The van der Waals surface area contributed by atoms with E-state index in [0.29, 0.717) is 23.4 Å². The smallest absolute Gasteiger partial charge is 0.262 e. The Morgan fingerprint density at radius 3 is 2.70 bits per heavy atom. The van der Waals surface area contributed by atoms with Gasteiger partial charge in [-0.3, -0.25) is 24.4 Å². The quantitative estimate of drug-likeness (QED) is 0.583. The highest BCUT2D eigenvalue weighted by atomic mass is 16.5. The van der Waals surface area contributed by atoms with Gasteiger partial charge < -0.3 is 10.1 Å². The van der Waals surface area contributed by atoms with Crippen LogP contribution in [-0.2, 0) is 26.8 Å². The highest BCUT2D eigenvalue weighted by molar-refractivity contribution is 6.03. The fraction of sp³-hybridized carbons (Fsp3) is 0.360. The topological polar surface area (TPSA) is 102 Å². The van der Waals surface area contributed by atoms with Crippen molar-refractivity contribution in [3.8, 4) is 5.75 Å². The van der Waals surface area contributed by atoms with Gasteiger partial charge in [-0.15, -0.1) is 0 Å². The van der Waals surface area contributed by atoms with E-state index in [1.807, 2.05) is 30.3 Å². The van der Waals surface area contributed by atoms with Gasteiger partial charge in [0.25, 0.3) is 5.91 Å². The summed E-state index contributed by atoms with van der Waals surface area (Å²) >= 11 is 0. The molecule has 1 saturated heterocycles. The lowest BCUT2D eigenvalue weighted by Crippen LogP contribution is -2.39. The van der Waals surface area contributed by atoms with Crippen LogP contribution in [0.4, 0.5) is 5.69 Å². The van der Waals surface area contributed by atoms with E-state index in [2.05, 4.69) is 36.5 Å². The van der Waals surface area contributed by atoms with Gasteiger partial charge in [0.15, 0.2) is 6.61 Å². The maximum absolute atomic E-state index is 12.6. The molecule has 0 bridgehead atoms. The minimum atomic E-state index is -0.500. The molecule has 1 fully saturated rings. The third-order valence-corrected chi connectivity index (χ3v) is 5.80. The van der Waals surface area contributed by atoms with Crippen LogP contribution in [0.25, 0.3) is 10.9 Å². The van der Waals surface area contributed by atoms with Crippen LogP contribution >= 0.6 is 0 Å². The zero-order chi connectivity index (χ0) is 23.8. The number of aryl methyl sites for hydroxylation is 1. The zero-order valence-electron chi connectivity index (χ0n) is 19.3. The first-order chi connectivity index (χ1) is 15.6. The molecule has 1 aromatic heterocycles. The van der Waals surface area contributed by atoms with Crippen molar-refractivity contribution in [2.45, 2.75) is 44.9 Å². The number of anilines is 1. The van der Waals surface area contributed by atoms with Crippen LogP contribution < -0.4 is 15.4 Å². The number of rotatable bonds is 5. The van der Waals surface area contributed by atoms with Crippen molar-refractivity contribution in [1.82, 2.24) is 15.1 Å². The average molecular weight is 449 g/mol. The summed E-state index contributed by atoms with van der Waals surface area (Å²) in [6.07, 6.45) is 0.694. The Morgan fingerprint density at radius 1 is 1.21 bits per heavy atom. The third kappa shape index (κ3) is 4.74. The molecule has 33 heavy (non-hydrogen) atoms. The molecular formula is C25H28N4O4. The maximum atomic E-state index is 12.6. The Kier molecular flexibility index (Phi) is 5.93. The molecule has 1 aliphatic heterocycles. The van der Waals surface area contributed by atoms with Gasteiger partial charge in [0.2, 0.25) is 11.8 Å². The van der Waals surface area contributed by atoms with Gasteiger partial charge >= 0.3 is 0 Å². The van der Waals surface area contributed by atoms with Crippen molar-refractivity contribution in [2.75, 3.05) is 11.9 Å². The number of imide groups is 1. The van der Waals surface area contributed by atoms with Gasteiger partial charge in [-0.05, 0) is 35.6 Å². The van der Waals surface area contributed by atoms with E-state index in [-0.39, 0.29) is 36.2 Å². The van der Waals surface area contributed by atoms with Gasteiger partial charge in [-0.2, -0.15) is 5.10 Å². The first kappa shape index (κ1) is 22.5. The van der Waals surface area contributed by atoms with E-state index in [9.17, 15) is 14.4 Å². The fourth-order valence-electron chi connectivity index (χ4n) is 4.06. The van der Waals surface area contributed by atoms with E-state index in [4.69, 9.17) is 4.74 Å². The van der Waals surface area contributed by atoms with Crippen molar-refractivity contribution in [2.24, 2.45) is 7.05 Å². The molecular weight excluding hydrogens is 420 g/mol. The number of aromatic nitrogens is 2. The second kappa shape index (κ2) is 8.69. The molecule has 2 aromatic carbocycles. The second-order valence-electron chi connectivity index (χ2n) is 9.33. The molecule has 0 aliphatic carbocycles. The van der Waals surface area contributed by atoms with Crippen molar-refractivity contribution in [3.63, 3.8) is 0 Å². The lowest BCUT2D eigenvalue weighted by Gasteiger charge is -2.20. The highest BCUT2D eigenvalue weighted by Crippen LogP contribution is 2.34. The fourth-order valence-corrected chi connectivity index (χ4v) is 4.06. The third-order valence-electron chi connectivity index (χ3n) is 5.80. The van der Waals surface area contributed by atoms with Crippen LogP contribution in [0, 0.1) is 0 Å². The van der Waals surface area contributed by atoms with Crippen LogP contribution in [0.2, 0.25) is 0 Å². The molecule has 0 spiro atoms. The minimum Gasteiger partial charge on any atom is -0.481 e. The second-order valence-corrected chi connectivity index (χ2v) is 9.33. The van der Waals surface area contributed by atoms with Crippen LogP contribution in [0.1, 0.15) is 50.8 Å². The first-order valence-corrected chi connectivity index (χ1v) is 11.0. The van der Waals surface area contributed by atoms with Gasteiger partial charge in [0.1, 0.15) is 11.3 Å². The Balaban J connectivity index is 1.51. The standard InChI is InChI=1S/C25H28N4O4/c1-25(2,3)15-7-5-8-16(13-15)26-21(31)14-33-19-10-6-9-17-22(28-29(4)23(17)19)18-11-12-20(30)27-24(18)32/h5-10,13,18H,11-12,14H2,1-4H3,(H,26,31)(H,27,30,32). The number of carbonyl (C=O) groups excluding carboxylic acids is 3. The van der Waals surface area contributed by atoms with E-state index < -0.39 is 5.92 Å². The van der Waals surface area contributed by atoms with Gasteiger partial charge in [0.05, 0.1) is 11.6 Å². The number of piperidine rings is 1. The summed E-state index contributed by atoms with van der Waals surface area (Å²) in [5.41, 5.74) is 3.12. The molecule has 2 N–H and O–H groups in total. The number of nitrogens with zero attached hydrogens (tertiary/aromatic N) is 2. The number of hydrogen-bond acceptors (Lipinski definition) is 5. The van der Waals surface area contributed by atoms with Crippen LogP contribution in [-0.4, -0.2) is 34.1 Å². The molecule has 4 rings (SSSR count). The van der Waals surface area contributed by atoms with E-state index in [1.165, 1.54) is 0 Å². The number of para-hydroxylation sites is 1. The number of ether oxygens (including phenoxy) is 1. The minimum absolute atomic E-state index is 0.0212. The Labute approximate surface area is 192 Å². The largest absolute Gasteiger partial charge is 0.481 e. The Hall–Kier alpha value is -3.68. The SMILES string of the molecule is Cn1nc(C2CCC(=O)NC2=O)c2cccc(OCC(=O)Nc3cccc(C(C)(C)C)c3)c21. The number of amides is 3. The number of fused-ring (bicyclic) bond motifs is 1. The molecule has 2 heterocycles. The summed E-state index contributed by atoms with van der Waals surface area (Å²) in [5, 5.41) is 10.6. The molecule has 3 aromatic rings. The Bertz CT molecular complexity index is 1240. The van der Waals surface area contributed by atoms with E-state index >= 15 is 0 Å². The van der Waals surface area contributed by atoms with Crippen LogP contribution in [0.15, 0.2) is 42.5 Å². The van der Waals surface area contributed by atoms with Gasteiger partial charge in [-0.1, -0.05) is 45.0 Å². The summed E-state index contributed by atoms with van der Waals surface area (Å²) in [6.45, 7) is 6.19. The number of carbonyl (C=O) groups is 3. The van der Waals surface area contributed by atoms with Crippen molar-refractivity contribution in [3.05, 3.63) is 53.7 Å². The first-order valence-electron chi connectivity index (χ1n) is 11.0. The number of nitrogens with one attached hydrogen (secondary N) is 2. The number of hydrogen-bond donors (Lipinski definition) is 2. The molecule has 0 saturated carbocycles. The average Bonchev–Trinajstić information content (AvgIpc) is 3.09. The molecule has 172 valence electrons. The van der Waals surface area contributed by atoms with Crippen molar-refractivity contribution >= 4 is 34.3 Å². The normalized spacial score (nSPS) is 16.5. The van der Waals surface area contributed by atoms with Gasteiger partial charge in [-0.25, -0.2) is 0 Å². The van der Waals surface area contributed by atoms with Crippen LogP contribution in [0.3, 0.4) is 0 Å². The van der Waals surface area contributed by atoms with Crippen LogP contribution in [0.5, 0.6) is 5.75 Å². The molecule has 1 unspecified atom stereocenters. The maximum Gasteiger partial charge on any atom is 0.262 e. The summed E-state index contributed by atoms with van der Waals surface area (Å²) in [7, 11) is 1.77. The van der Waals surface area contributed by atoms with E-state index in [1.54, 1.807) is 23.9 Å². The predicted molar refractivity (Wildman–Crippen MR) is 125 cm³/mol. The van der Waals surface area contributed by atoms with Gasteiger partial charge in [0, 0.05) is 24.5 Å². The summed E-state index contributed by atoms with van der Waals surface area (Å²) < 4.78 is 7.50. The summed E-state index contributed by atoms with van der Waals surface area (Å²) in [6, 6.07) is 13.2. The monoisotopic (exact) mass is 448 g/mol. The molecule has 1 aliphatic rings. The highest BCUT2D eigenvalue weighted by Gasteiger charge is 2.32.